The number of rotatable bonds is 4. The van der Waals surface area contributed by atoms with Crippen LogP contribution in [0.5, 0.6) is 0 Å². The molecule has 0 aromatic rings. The van der Waals surface area contributed by atoms with Crippen molar-refractivity contribution in [1.29, 1.82) is 0 Å². The van der Waals surface area contributed by atoms with Crippen molar-refractivity contribution >= 4 is 0 Å². The fraction of sp³-hybridized carbons (Fsp3) is 1.00. The minimum atomic E-state index is 0.891. The first kappa shape index (κ1) is 9.47. The van der Waals surface area contributed by atoms with Crippen LogP contribution in [0.4, 0.5) is 0 Å². The Labute approximate surface area is 81.5 Å². The molecule has 1 heterocycles. The standard InChI is InChI=1S/C11H22N2/c1-9-5-11(9)8-13-7-10-3-2-4-12-6-10/h9-13H,2-8H2,1H3. The van der Waals surface area contributed by atoms with Gasteiger partial charge in [0.2, 0.25) is 0 Å². The Morgan fingerprint density at radius 1 is 1.38 bits per heavy atom. The van der Waals surface area contributed by atoms with Gasteiger partial charge in [-0.25, -0.2) is 0 Å². The van der Waals surface area contributed by atoms with Crippen molar-refractivity contribution in [2.24, 2.45) is 17.8 Å². The number of piperidine rings is 1. The largest absolute Gasteiger partial charge is 0.316 e. The highest BCUT2D eigenvalue weighted by atomic mass is 14.9. The van der Waals surface area contributed by atoms with E-state index < -0.39 is 0 Å². The van der Waals surface area contributed by atoms with Gasteiger partial charge in [0, 0.05) is 0 Å². The van der Waals surface area contributed by atoms with Crippen LogP contribution in [0.15, 0.2) is 0 Å². The average Bonchev–Trinajstić information content (AvgIpc) is 2.84. The molecule has 2 nitrogen and oxygen atoms in total. The quantitative estimate of drug-likeness (QED) is 0.683. The SMILES string of the molecule is CC1CC1CNCC1CCCNC1. The summed E-state index contributed by atoms with van der Waals surface area (Å²) in [4.78, 5) is 0. The molecule has 3 atom stereocenters. The fourth-order valence-corrected chi connectivity index (χ4v) is 2.25. The summed E-state index contributed by atoms with van der Waals surface area (Å²) in [5.41, 5.74) is 0. The van der Waals surface area contributed by atoms with Crippen LogP contribution in [0, 0.1) is 17.8 Å². The molecule has 0 aromatic carbocycles. The molecule has 2 N–H and O–H groups in total. The number of hydrogen-bond donors (Lipinski definition) is 2. The monoisotopic (exact) mass is 182 g/mol. The Morgan fingerprint density at radius 3 is 2.85 bits per heavy atom. The van der Waals surface area contributed by atoms with E-state index in [1.54, 1.807) is 0 Å². The van der Waals surface area contributed by atoms with E-state index in [4.69, 9.17) is 0 Å². The molecule has 2 fully saturated rings. The Hall–Kier alpha value is -0.0800. The summed E-state index contributed by atoms with van der Waals surface area (Å²) in [6.45, 7) is 7.31. The molecule has 0 amide bonds. The molecule has 3 unspecified atom stereocenters. The van der Waals surface area contributed by atoms with Gasteiger partial charge in [0.25, 0.3) is 0 Å². The van der Waals surface area contributed by atoms with E-state index in [0.717, 1.165) is 17.8 Å². The fourth-order valence-electron chi connectivity index (χ4n) is 2.25. The lowest BCUT2D eigenvalue weighted by atomic mass is 10.00. The zero-order chi connectivity index (χ0) is 9.10. The summed E-state index contributed by atoms with van der Waals surface area (Å²) in [7, 11) is 0. The van der Waals surface area contributed by atoms with Gasteiger partial charge in [0.1, 0.15) is 0 Å². The van der Waals surface area contributed by atoms with Gasteiger partial charge in [-0.1, -0.05) is 6.92 Å². The third-order valence-electron chi connectivity index (χ3n) is 3.51. The molecular weight excluding hydrogens is 160 g/mol. The Bertz CT molecular complexity index is 152. The topological polar surface area (TPSA) is 24.1 Å². The van der Waals surface area contributed by atoms with Crippen molar-refractivity contribution in [2.45, 2.75) is 26.2 Å². The second-order valence-electron chi connectivity index (χ2n) is 4.84. The van der Waals surface area contributed by atoms with Gasteiger partial charge in [0.05, 0.1) is 0 Å². The summed E-state index contributed by atoms with van der Waals surface area (Å²) in [5, 5.41) is 7.06. The van der Waals surface area contributed by atoms with E-state index in [9.17, 15) is 0 Å². The molecule has 2 aliphatic rings. The smallest absolute Gasteiger partial charge is 0.000825 e. The first-order valence-electron chi connectivity index (χ1n) is 5.77. The minimum Gasteiger partial charge on any atom is -0.316 e. The van der Waals surface area contributed by atoms with Crippen LogP contribution in [0.1, 0.15) is 26.2 Å². The third kappa shape index (κ3) is 2.96. The normalized spacial score (nSPS) is 39.0. The van der Waals surface area contributed by atoms with E-state index in [-0.39, 0.29) is 0 Å². The van der Waals surface area contributed by atoms with Crippen molar-refractivity contribution in [2.75, 3.05) is 26.2 Å². The zero-order valence-electron chi connectivity index (χ0n) is 8.68. The molecule has 76 valence electrons. The van der Waals surface area contributed by atoms with Crippen molar-refractivity contribution in [1.82, 2.24) is 10.6 Å². The third-order valence-corrected chi connectivity index (χ3v) is 3.51. The lowest BCUT2D eigenvalue weighted by Gasteiger charge is -2.22. The van der Waals surface area contributed by atoms with Crippen LogP contribution in [0.3, 0.4) is 0 Å². The lowest BCUT2D eigenvalue weighted by molar-refractivity contribution is 0.358. The van der Waals surface area contributed by atoms with E-state index in [2.05, 4.69) is 17.6 Å². The predicted octanol–water partition coefficient (Wildman–Crippen LogP) is 1.23. The molecule has 0 spiro atoms. The average molecular weight is 182 g/mol. The summed E-state index contributed by atoms with van der Waals surface area (Å²) in [5.74, 6) is 2.89. The molecule has 0 bridgehead atoms. The maximum absolute atomic E-state index is 3.61. The van der Waals surface area contributed by atoms with E-state index in [0.29, 0.717) is 0 Å². The summed E-state index contributed by atoms with van der Waals surface area (Å²) < 4.78 is 0. The highest BCUT2D eigenvalue weighted by Gasteiger charge is 2.31. The van der Waals surface area contributed by atoms with E-state index in [1.165, 1.54) is 45.4 Å². The molecule has 13 heavy (non-hydrogen) atoms. The molecule has 2 heteroatoms. The molecule has 1 aliphatic carbocycles. The second kappa shape index (κ2) is 4.43. The summed E-state index contributed by atoms with van der Waals surface area (Å²) in [6.07, 6.45) is 4.24. The summed E-state index contributed by atoms with van der Waals surface area (Å²) >= 11 is 0. The van der Waals surface area contributed by atoms with Crippen LogP contribution in [-0.4, -0.2) is 26.2 Å². The van der Waals surface area contributed by atoms with Crippen LogP contribution >= 0.6 is 0 Å². The molecule has 1 aliphatic heterocycles. The number of hydrogen-bond acceptors (Lipinski definition) is 2. The highest BCUT2D eigenvalue weighted by molar-refractivity contribution is 4.84. The van der Waals surface area contributed by atoms with Crippen LogP contribution in [0.2, 0.25) is 0 Å². The van der Waals surface area contributed by atoms with Crippen LogP contribution < -0.4 is 10.6 Å². The molecule has 2 rings (SSSR count). The van der Waals surface area contributed by atoms with Gasteiger partial charge in [-0.2, -0.15) is 0 Å². The molecule has 0 radical (unpaired) electrons. The van der Waals surface area contributed by atoms with Gasteiger partial charge in [-0.15, -0.1) is 0 Å². The van der Waals surface area contributed by atoms with E-state index in [1.807, 2.05) is 0 Å². The van der Waals surface area contributed by atoms with Crippen molar-refractivity contribution in [3.8, 4) is 0 Å². The summed E-state index contributed by atoms with van der Waals surface area (Å²) in [6, 6.07) is 0. The Morgan fingerprint density at radius 2 is 2.23 bits per heavy atom. The van der Waals surface area contributed by atoms with Gasteiger partial charge in [-0.05, 0) is 63.2 Å². The maximum Gasteiger partial charge on any atom is -0.000825 e. The van der Waals surface area contributed by atoms with Crippen LogP contribution in [0.25, 0.3) is 0 Å². The number of nitrogens with one attached hydrogen (secondary N) is 2. The second-order valence-corrected chi connectivity index (χ2v) is 4.84. The van der Waals surface area contributed by atoms with Gasteiger partial charge in [0.15, 0.2) is 0 Å². The molecule has 1 saturated heterocycles. The van der Waals surface area contributed by atoms with Crippen molar-refractivity contribution < 1.29 is 0 Å². The van der Waals surface area contributed by atoms with Gasteiger partial charge in [-0.3, -0.25) is 0 Å². The molecular formula is C11H22N2. The zero-order valence-corrected chi connectivity index (χ0v) is 8.68. The van der Waals surface area contributed by atoms with E-state index >= 15 is 0 Å². The Kier molecular flexibility index (Phi) is 3.23. The predicted molar refractivity (Wildman–Crippen MR) is 55.7 cm³/mol. The van der Waals surface area contributed by atoms with Crippen molar-refractivity contribution in [3.05, 3.63) is 0 Å². The molecule has 1 saturated carbocycles. The van der Waals surface area contributed by atoms with Gasteiger partial charge < -0.3 is 10.6 Å². The maximum atomic E-state index is 3.61. The lowest BCUT2D eigenvalue weighted by Crippen LogP contribution is -2.36. The Balaban J connectivity index is 1.51. The minimum absolute atomic E-state index is 0.891. The first-order chi connectivity index (χ1) is 6.36. The first-order valence-corrected chi connectivity index (χ1v) is 5.77. The molecule has 0 aromatic heterocycles. The van der Waals surface area contributed by atoms with Crippen molar-refractivity contribution in [3.63, 3.8) is 0 Å². The van der Waals surface area contributed by atoms with Crippen LogP contribution in [-0.2, 0) is 0 Å². The highest BCUT2D eigenvalue weighted by Crippen LogP contribution is 2.36. The van der Waals surface area contributed by atoms with Gasteiger partial charge >= 0.3 is 0 Å².